The Labute approximate surface area is 163 Å². The van der Waals surface area contributed by atoms with E-state index >= 15 is 0 Å². The van der Waals surface area contributed by atoms with Gasteiger partial charge in [-0.15, -0.1) is 0 Å². The van der Waals surface area contributed by atoms with Crippen LogP contribution in [-0.2, 0) is 25.6 Å². The summed E-state index contributed by atoms with van der Waals surface area (Å²) in [7, 11) is 3.75. The number of hydrogen-bond donors (Lipinski definition) is 4. The van der Waals surface area contributed by atoms with Gasteiger partial charge >= 0.3 is 6.18 Å². The van der Waals surface area contributed by atoms with Crippen molar-refractivity contribution in [1.29, 1.82) is 0 Å². The number of alkyl halides is 3. The number of aliphatic hydroxyl groups is 1. The van der Waals surface area contributed by atoms with Gasteiger partial charge in [0.2, 0.25) is 0 Å². The smallest absolute Gasteiger partial charge is 0.392 e. The summed E-state index contributed by atoms with van der Waals surface area (Å²) < 4.78 is 41.9. The van der Waals surface area contributed by atoms with Crippen LogP contribution in [0.2, 0.25) is 0 Å². The molecule has 0 fully saturated rings. The highest BCUT2D eigenvalue weighted by molar-refractivity contribution is 7.78. The normalized spacial score (nSPS) is 15.9. The lowest BCUT2D eigenvalue weighted by molar-refractivity contribution is -0.137. The van der Waals surface area contributed by atoms with Gasteiger partial charge in [-0.25, -0.2) is 0 Å². The van der Waals surface area contributed by atoms with Crippen LogP contribution in [0.5, 0.6) is 0 Å². The quantitative estimate of drug-likeness (QED) is 0.588. The lowest BCUT2D eigenvalue weighted by Crippen LogP contribution is -2.08. The van der Waals surface area contributed by atoms with E-state index < -0.39 is 18.3 Å². The average molecular weight is 398 g/mol. The van der Waals surface area contributed by atoms with E-state index in [9.17, 15) is 18.3 Å². The maximum Gasteiger partial charge on any atom is 0.416 e. The molecule has 0 aliphatic heterocycles. The third-order valence-electron chi connectivity index (χ3n) is 4.41. The summed E-state index contributed by atoms with van der Waals surface area (Å²) in [6, 6.07) is 10.0. The molecule has 2 aromatic carbocycles. The second-order valence-electron chi connectivity index (χ2n) is 6.62. The maximum atomic E-state index is 13.0. The molecule has 148 valence electrons. The van der Waals surface area contributed by atoms with Gasteiger partial charge in [-0.05, 0) is 73.3 Å². The fraction of sp³-hybridized carbons (Fsp3) is 0.400. The zero-order chi connectivity index (χ0) is 20.0. The molecule has 1 aliphatic rings. The van der Waals surface area contributed by atoms with E-state index in [2.05, 4.69) is 28.9 Å². The second kappa shape index (κ2) is 9.59. The highest BCUT2D eigenvalue weighted by Gasteiger charge is 2.31. The Kier molecular flexibility index (Phi) is 7.73. The molecule has 0 heterocycles. The lowest BCUT2D eigenvalue weighted by atomic mass is 9.97. The average Bonchev–Trinajstić information content (AvgIpc) is 3.03. The van der Waals surface area contributed by atoms with E-state index in [0.717, 1.165) is 30.5 Å². The third kappa shape index (κ3) is 5.72. The molecule has 3 nitrogen and oxygen atoms in total. The van der Waals surface area contributed by atoms with Gasteiger partial charge in [0.15, 0.2) is 0 Å². The van der Waals surface area contributed by atoms with Crippen molar-refractivity contribution >= 4 is 12.8 Å². The molecule has 7 heteroatoms. The van der Waals surface area contributed by atoms with E-state index in [1.54, 1.807) is 6.07 Å². The Balaban J connectivity index is 0.000000817. The van der Waals surface area contributed by atoms with Crippen molar-refractivity contribution in [3.63, 3.8) is 0 Å². The first kappa shape index (κ1) is 21.8. The summed E-state index contributed by atoms with van der Waals surface area (Å²) in [5.41, 5.74) is 3.50. The SMILES string of the molecule is CNC.OCc1cc(Cc2ccc3c(c2)CCC3NS)cc(C(F)(F)F)c1. The number of nitrogens with one attached hydrogen (secondary N) is 2. The first-order valence-electron chi connectivity index (χ1n) is 8.73. The van der Waals surface area contributed by atoms with Gasteiger partial charge in [-0.2, -0.15) is 13.2 Å². The standard InChI is InChI=1S/C18H18F3NOS.C2H7N/c19-18(20,21)15-8-12(6-13(9-15)10-23)5-11-1-3-16-14(7-11)2-4-17(16)22-24;1-3-2/h1,3,6-9,17,22-24H,2,4-5,10H2;3H,1-2H3. The Morgan fingerprint density at radius 1 is 1.07 bits per heavy atom. The fourth-order valence-electron chi connectivity index (χ4n) is 3.27. The first-order valence-corrected chi connectivity index (χ1v) is 9.17. The fourth-order valence-corrected chi connectivity index (χ4v) is 3.54. The molecule has 0 spiro atoms. The molecular formula is C20H25F3N2OS. The number of fused-ring (bicyclic) bond motifs is 1. The van der Waals surface area contributed by atoms with Gasteiger partial charge < -0.3 is 10.4 Å². The van der Waals surface area contributed by atoms with E-state index in [1.165, 1.54) is 11.1 Å². The molecule has 1 atom stereocenters. The summed E-state index contributed by atoms with van der Waals surface area (Å²) in [4.78, 5) is 0. The highest BCUT2D eigenvalue weighted by Crippen LogP contribution is 2.34. The number of hydrogen-bond acceptors (Lipinski definition) is 4. The number of halogens is 3. The molecule has 2 aromatic rings. The van der Waals surface area contributed by atoms with Crippen LogP contribution < -0.4 is 10.0 Å². The van der Waals surface area contributed by atoms with E-state index in [1.807, 2.05) is 26.2 Å². The minimum Gasteiger partial charge on any atom is -0.392 e. The van der Waals surface area contributed by atoms with Gasteiger partial charge in [-0.3, -0.25) is 4.72 Å². The van der Waals surface area contributed by atoms with Crippen molar-refractivity contribution in [2.75, 3.05) is 14.1 Å². The zero-order valence-corrected chi connectivity index (χ0v) is 16.3. The number of rotatable bonds is 4. The van der Waals surface area contributed by atoms with E-state index in [-0.39, 0.29) is 11.6 Å². The topological polar surface area (TPSA) is 44.3 Å². The molecule has 0 saturated heterocycles. The lowest BCUT2D eigenvalue weighted by Gasteiger charge is -2.13. The minimum atomic E-state index is -4.41. The van der Waals surface area contributed by atoms with Crippen LogP contribution in [0.15, 0.2) is 36.4 Å². The molecule has 0 aromatic heterocycles. The van der Waals surface area contributed by atoms with Crippen molar-refractivity contribution in [1.82, 2.24) is 10.0 Å². The first-order chi connectivity index (χ1) is 12.8. The van der Waals surface area contributed by atoms with Crippen LogP contribution in [0.25, 0.3) is 0 Å². The number of aryl methyl sites for hydroxylation is 1. The summed E-state index contributed by atoms with van der Waals surface area (Å²) >= 11 is 4.13. The van der Waals surface area contributed by atoms with E-state index in [0.29, 0.717) is 12.0 Å². The molecule has 0 saturated carbocycles. The van der Waals surface area contributed by atoms with Crippen LogP contribution >= 0.6 is 12.8 Å². The number of thiol groups is 1. The van der Waals surface area contributed by atoms with Crippen molar-refractivity contribution in [3.8, 4) is 0 Å². The highest BCUT2D eigenvalue weighted by atomic mass is 32.1. The monoisotopic (exact) mass is 398 g/mol. The van der Waals surface area contributed by atoms with Crippen LogP contribution in [-0.4, -0.2) is 19.2 Å². The van der Waals surface area contributed by atoms with Gasteiger partial charge in [0, 0.05) is 6.04 Å². The largest absolute Gasteiger partial charge is 0.416 e. The van der Waals surface area contributed by atoms with E-state index in [4.69, 9.17) is 0 Å². The predicted octanol–water partition coefficient (Wildman–Crippen LogP) is 4.05. The van der Waals surface area contributed by atoms with Crippen molar-refractivity contribution in [3.05, 3.63) is 69.8 Å². The molecule has 3 N–H and O–H groups in total. The maximum absolute atomic E-state index is 13.0. The minimum absolute atomic E-state index is 0.229. The van der Waals surface area contributed by atoms with Crippen LogP contribution in [0, 0.1) is 0 Å². The molecule has 0 radical (unpaired) electrons. The van der Waals surface area contributed by atoms with Crippen molar-refractivity contribution < 1.29 is 18.3 Å². The molecule has 0 bridgehead atoms. The summed E-state index contributed by atoms with van der Waals surface area (Å²) in [5.74, 6) is 0. The number of benzene rings is 2. The molecule has 1 aliphatic carbocycles. The van der Waals surface area contributed by atoms with Crippen LogP contribution in [0.1, 0.15) is 45.8 Å². The predicted molar refractivity (Wildman–Crippen MR) is 105 cm³/mol. The van der Waals surface area contributed by atoms with Gasteiger partial charge in [0.25, 0.3) is 0 Å². The Morgan fingerprint density at radius 3 is 2.33 bits per heavy atom. The second-order valence-corrected chi connectivity index (χ2v) is 6.88. The Bertz CT molecular complexity index is 765. The van der Waals surface area contributed by atoms with Gasteiger partial charge in [0.1, 0.15) is 0 Å². The zero-order valence-electron chi connectivity index (χ0n) is 15.4. The molecule has 0 amide bonds. The molecule has 3 rings (SSSR count). The molecule has 1 unspecified atom stereocenters. The number of aliphatic hydroxyl groups excluding tert-OH is 1. The molecular weight excluding hydrogens is 373 g/mol. The van der Waals surface area contributed by atoms with Crippen molar-refractivity contribution in [2.24, 2.45) is 0 Å². The Hall–Kier alpha value is -1.54. The van der Waals surface area contributed by atoms with Crippen LogP contribution in [0.4, 0.5) is 13.2 Å². The summed E-state index contributed by atoms with van der Waals surface area (Å²) in [6.07, 6.45) is -2.10. The van der Waals surface area contributed by atoms with Crippen molar-refractivity contribution in [2.45, 2.75) is 38.1 Å². The van der Waals surface area contributed by atoms with Crippen LogP contribution in [0.3, 0.4) is 0 Å². The summed E-state index contributed by atoms with van der Waals surface area (Å²) in [5, 5.41) is 12.0. The molecule has 27 heavy (non-hydrogen) atoms. The Morgan fingerprint density at radius 2 is 1.74 bits per heavy atom. The van der Waals surface area contributed by atoms with Gasteiger partial charge in [-0.1, -0.05) is 37.1 Å². The summed E-state index contributed by atoms with van der Waals surface area (Å²) in [6.45, 7) is -0.406. The van der Waals surface area contributed by atoms with Gasteiger partial charge in [0.05, 0.1) is 12.2 Å². The third-order valence-corrected chi connectivity index (χ3v) is 4.72.